The number of rotatable bonds is 7. The van der Waals surface area contributed by atoms with Crippen LogP contribution in [0.4, 0.5) is 5.82 Å². The summed E-state index contributed by atoms with van der Waals surface area (Å²) < 4.78 is 10.9. The van der Waals surface area contributed by atoms with Crippen LogP contribution in [0.15, 0.2) is 30.5 Å². The summed E-state index contributed by atoms with van der Waals surface area (Å²) in [4.78, 5) is 21.1. The number of carbonyl (C=O) groups is 1. The second-order valence-corrected chi connectivity index (χ2v) is 7.54. The summed E-state index contributed by atoms with van der Waals surface area (Å²) >= 11 is 12.4. The highest BCUT2D eigenvalue weighted by atomic mass is 35.5. The number of benzene rings is 1. The number of ether oxygens (including phenoxy) is 2. The number of piperazine rings is 1. The summed E-state index contributed by atoms with van der Waals surface area (Å²) in [5, 5.41) is 1.00. The van der Waals surface area contributed by atoms with Gasteiger partial charge in [0.1, 0.15) is 6.61 Å². The SMILES string of the molecule is COCCN1CCN(C(=O)c2cnc(N)c(OCc3c(Cl)cccc3Cl)c2)CC1. The monoisotopic (exact) mass is 438 g/mol. The van der Waals surface area contributed by atoms with Crippen LogP contribution in [-0.2, 0) is 11.3 Å². The van der Waals surface area contributed by atoms with Crippen LogP contribution >= 0.6 is 23.2 Å². The molecule has 0 atom stereocenters. The van der Waals surface area contributed by atoms with Crippen LogP contribution in [0, 0.1) is 0 Å². The van der Waals surface area contributed by atoms with Gasteiger partial charge in [-0.1, -0.05) is 29.3 Å². The van der Waals surface area contributed by atoms with Crippen LogP contribution in [0.5, 0.6) is 5.75 Å². The number of nitrogens with two attached hydrogens (primary N) is 1. The summed E-state index contributed by atoms with van der Waals surface area (Å²) in [5.41, 5.74) is 7.01. The zero-order valence-corrected chi connectivity index (χ0v) is 17.7. The van der Waals surface area contributed by atoms with E-state index in [1.165, 1.54) is 6.20 Å². The maximum atomic E-state index is 12.9. The van der Waals surface area contributed by atoms with Gasteiger partial charge in [0.2, 0.25) is 0 Å². The molecular formula is C20H24Cl2N4O3. The molecule has 3 rings (SSSR count). The van der Waals surface area contributed by atoms with E-state index in [2.05, 4.69) is 9.88 Å². The summed E-state index contributed by atoms with van der Waals surface area (Å²) in [7, 11) is 1.69. The number of aromatic nitrogens is 1. The molecule has 0 spiro atoms. The Labute approximate surface area is 180 Å². The van der Waals surface area contributed by atoms with Gasteiger partial charge in [0.15, 0.2) is 11.6 Å². The fourth-order valence-electron chi connectivity index (χ4n) is 3.09. The topological polar surface area (TPSA) is 80.9 Å². The summed E-state index contributed by atoms with van der Waals surface area (Å²) in [6, 6.07) is 6.85. The first-order chi connectivity index (χ1) is 14.0. The van der Waals surface area contributed by atoms with Gasteiger partial charge in [-0.25, -0.2) is 4.98 Å². The van der Waals surface area contributed by atoms with Crippen LogP contribution < -0.4 is 10.5 Å². The quantitative estimate of drug-likeness (QED) is 0.715. The lowest BCUT2D eigenvalue weighted by Gasteiger charge is -2.34. The maximum absolute atomic E-state index is 12.9. The minimum absolute atomic E-state index is 0.0930. The van der Waals surface area contributed by atoms with E-state index in [0.29, 0.717) is 46.6 Å². The van der Waals surface area contributed by atoms with Gasteiger partial charge in [-0.15, -0.1) is 0 Å². The van der Waals surface area contributed by atoms with E-state index in [0.717, 1.165) is 19.6 Å². The van der Waals surface area contributed by atoms with Gasteiger partial charge in [-0.05, 0) is 18.2 Å². The Bertz CT molecular complexity index is 837. The zero-order chi connectivity index (χ0) is 20.8. The number of anilines is 1. The molecule has 1 aromatic heterocycles. The van der Waals surface area contributed by atoms with Crippen LogP contribution in [0.2, 0.25) is 10.0 Å². The molecular weight excluding hydrogens is 415 g/mol. The minimum atomic E-state index is -0.0930. The number of nitrogen functional groups attached to an aromatic ring is 1. The van der Waals surface area contributed by atoms with E-state index in [4.69, 9.17) is 38.4 Å². The van der Waals surface area contributed by atoms with Crippen molar-refractivity contribution in [2.75, 3.05) is 52.2 Å². The van der Waals surface area contributed by atoms with E-state index >= 15 is 0 Å². The Kier molecular flexibility index (Phi) is 7.55. The Morgan fingerprint density at radius 1 is 1.21 bits per heavy atom. The van der Waals surface area contributed by atoms with Crippen LogP contribution in [0.25, 0.3) is 0 Å². The first-order valence-electron chi connectivity index (χ1n) is 9.31. The number of nitrogens with zero attached hydrogens (tertiary/aromatic N) is 3. The molecule has 156 valence electrons. The smallest absolute Gasteiger partial charge is 0.255 e. The van der Waals surface area contributed by atoms with Gasteiger partial charge in [-0.2, -0.15) is 0 Å². The van der Waals surface area contributed by atoms with Gasteiger partial charge >= 0.3 is 0 Å². The Morgan fingerprint density at radius 2 is 1.90 bits per heavy atom. The Balaban J connectivity index is 1.65. The van der Waals surface area contributed by atoms with Crippen molar-refractivity contribution in [2.24, 2.45) is 0 Å². The summed E-state index contributed by atoms with van der Waals surface area (Å²) in [5.74, 6) is 0.434. The molecule has 29 heavy (non-hydrogen) atoms. The third-order valence-corrected chi connectivity index (χ3v) is 5.54. The molecule has 9 heteroatoms. The first-order valence-corrected chi connectivity index (χ1v) is 10.1. The van der Waals surface area contributed by atoms with Crippen LogP contribution in [0.3, 0.4) is 0 Å². The average molecular weight is 439 g/mol. The van der Waals surface area contributed by atoms with Crippen molar-refractivity contribution in [3.63, 3.8) is 0 Å². The number of halogens is 2. The number of amides is 1. The molecule has 2 N–H and O–H groups in total. The van der Waals surface area contributed by atoms with Crippen molar-refractivity contribution in [3.8, 4) is 5.75 Å². The molecule has 2 heterocycles. The Morgan fingerprint density at radius 3 is 2.55 bits per heavy atom. The van der Waals surface area contributed by atoms with E-state index in [1.807, 2.05) is 4.90 Å². The number of hydrogen-bond donors (Lipinski definition) is 1. The Hall–Kier alpha value is -2.06. The van der Waals surface area contributed by atoms with Crippen molar-refractivity contribution in [1.29, 1.82) is 0 Å². The molecule has 1 fully saturated rings. The molecule has 1 aromatic carbocycles. The zero-order valence-electron chi connectivity index (χ0n) is 16.2. The second-order valence-electron chi connectivity index (χ2n) is 6.72. The third-order valence-electron chi connectivity index (χ3n) is 4.83. The van der Waals surface area contributed by atoms with E-state index in [1.54, 1.807) is 31.4 Å². The highest BCUT2D eigenvalue weighted by Crippen LogP contribution is 2.28. The van der Waals surface area contributed by atoms with Crippen molar-refractivity contribution < 1.29 is 14.3 Å². The number of hydrogen-bond acceptors (Lipinski definition) is 6. The molecule has 7 nitrogen and oxygen atoms in total. The maximum Gasteiger partial charge on any atom is 0.255 e. The van der Waals surface area contributed by atoms with Crippen molar-refractivity contribution in [1.82, 2.24) is 14.8 Å². The molecule has 1 saturated heterocycles. The predicted molar refractivity (Wildman–Crippen MR) is 114 cm³/mol. The van der Waals surface area contributed by atoms with Crippen molar-refractivity contribution in [2.45, 2.75) is 6.61 Å². The fourth-order valence-corrected chi connectivity index (χ4v) is 3.59. The molecule has 1 aliphatic heterocycles. The lowest BCUT2D eigenvalue weighted by atomic mass is 10.2. The lowest BCUT2D eigenvalue weighted by molar-refractivity contribution is 0.0593. The average Bonchev–Trinajstić information content (AvgIpc) is 2.73. The lowest BCUT2D eigenvalue weighted by Crippen LogP contribution is -2.49. The molecule has 0 radical (unpaired) electrons. The van der Waals surface area contributed by atoms with Gasteiger partial charge in [0.05, 0.1) is 12.2 Å². The third kappa shape index (κ3) is 5.51. The van der Waals surface area contributed by atoms with Crippen LogP contribution in [-0.4, -0.2) is 67.1 Å². The normalized spacial score (nSPS) is 14.8. The standard InChI is InChI=1S/C20H24Cl2N4O3/c1-28-10-9-25-5-7-26(8-6-25)20(27)14-11-18(19(23)24-12-14)29-13-15-16(21)3-2-4-17(15)22/h2-4,11-12H,5-10,13H2,1H3,(H2,23,24). The largest absolute Gasteiger partial charge is 0.485 e. The van der Waals surface area contributed by atoms with E-state index in [9.17, 15) is 4.79 Å². The van der Waals surface area contributed by atoms with Crippen LogP contribution in [0.1, 0.15) is 15.9 Å². The molecule has 0 unspecified atom stereocenters. The van der Waals surface area contributed by atoms with Gasteiger partial charge < -0.3 is 20.1 Å². The van der Waals surface area contributed by atoms with E-state index < -0.39 is 0 Å². The van der Waals surface area contributed by atoms with Crippen molar-refractivity contribution >= 4 is 34.9 Å². The summed E-state index contributed by atoms with van der Waals surface area (Å²) in [6.45, 7) is 4.60. The van der Waals surface area contributed by atoms with Crippen molar-refractivity contribution in [3.05, 3.63) is 51.6 Å². The molecule has 0 aliphatic carbocycles. The number of pyridine rings is 1. The molecule has 0 bridgehead atoms. The molecule has 2 aromatic rings. The predicted octanol–water partition coefficient (Wildman–Crippen LogP) is 2.95. The highest BCUT2D eigenvalue weighted by Gasteiger charge is 2.23. The highest BCUT2D eigenvalue weighted by molar-refractivity contribution is 6.35. The van der Waals surface area contributed by atoms with Gasteiger partial charge in [0.25, 0.3) is 5.91 Å². The van der Waals surface area contributed by atoms with Gasteiger partial charge in [0, 0.05) is 61.6 Å². The first kappa shape index (κ1) is 21.6. The second kappa shape index (κ2) is 10.1. The summed E-state index contributed by atoms with van der Waals surface area (Å²) in [6.07, 6.45) is 1.48. The molecule has 0 saturated carbocycles. The van der Waals surface area contributed by atoms with Gasteiger partial charge in [-0.3, -0.25) is 9.69 Å². The van der Waals surface area contributed by atoms with E-state index in [-0.39, 0.29) is 18.3 Å². The number of methoxy groups -OCH3 is 1. The molecule has 1 aliphatic rings. The fraction of sp³-hybridized carbons (Fsp3) is 0.400. The number of carbonyl (C=O) groups excluding carboxylic acids is 1. The minimum Gasteiger partial charge on any atom is -0.485 e. The molecule has 1 amide bonds.